The van der Waals surface area contributed by atoms with E-state index in [-0.39, 0.29) is 5.56 Å². The van der Waals surface area contributed by atoms with E-state index in [4.69, 9.17) is 4.74 Å². The van der Waals surface area contributed by atoms with E-state index < -0.39 is 0 Å². The van der Waals surface area contributed by atoms with Crippen LogP contribution in [0.25, 0.3) is 27.7 Å². The van der Waals surface area contributed by atoms with Gasteiger partial charge in [0.15, 0.2) is 5.65 Å². The van der Waals surface area contributed by atoms with Crippen LogP contribution in [0.4, 0.5) is 0 Å². The zero-order chi connectivity index (χ0) is 18.4. The van der Waals surface area contributed by atoms with Gasteiger partial charge in [-0.3, -0.25) is 14.3 Å². The molecule has 0 radical (unpaired) electrons. The number of aryl methyl sites for hydroxylation is 1. The van der Waals surface area contributed by atoms with Crippen LogP contribution >= 0.6 is 0 Å². The lowest BCUT2D eigenvalue weighted by Gasteiger charge is -2.26. The fraction of sp³-hybridized carbons (Fsp3) is 0.471. The first-order chi connectivity index (χ1) is 13.3. The molecule has 0 saturated carbocycles. The molecule has 5 rings (SSSR count). The predicted molar refractivity (Wildman–Crippen MR) is 98.8 cm³/mol. The monoisotopic (exact) mass is 368 g/mol. The molecule has 140 valence electrons. The number of pyridine rings is 1. The predicted octanol–water partition coefficient (Wildman–Crippen LogP) is 0.141. The van der Waals surface area contributed by atoms with E-state index in [2.05, 4.69) is 25.1 Å². The van der Waals surface area contributed by atoms with Crippen molar-refractivity contribution in [1.29, 1.82) is 0 Å². The van der Waals surface area contributed by atoms with Gasteiger partial charge in [0.05, 0.1) is 35.7 Å². The minimum Gasteiger partial charge on any atom is -0.379 e. The third kappa shape index (κ3) is 2.52. The van der Waals surface area contributed by atoms with Crippen molar-refractivity contribution in [2.24, 2.45) is 0 Å². The van der Waals surface area contributed by atoms with Gasteiger partial charge in [-0.1, -0.05) is 0 Å². The van der Waals surface area contributed by atoms with Gasteiger partial charge < -0.3 is 4.74 Å². The molecule has 1 aliphatic heterocycles. The van der Waals surface area contributed by atoms with Gasteiger partial charge in [0.1, 0.15) is 6.33 Å². The minimum absolute atomic E-state index is 0.0996. The molecule has 4 aromatic heterocycles. The molecule has 0 amide bonds. The Morgan fingerprint density at radius 1 is 1.07 bits per heavy atom. The van der Waals surface area contributed by atoms with Crippen LogP contribution < -0.4 is 5.56 Å². The zero-order valence-electron chi connectivity index (χ0n) is 15.1. The van der Waals surface area contributed by atoms with Crippen LogP contribution in [0.15, 0.2) is 23.5 Å². The highest BCUT2D eigenvalue weighted by molar-refractivity contribution is 6.02. The Bertz CT molecular complexity index is 1180. The first kappa shape index (κ1) is 16.3. The molecule has 5 heterocycles. The Kier molecular flexibility index (Phi) is 3.87. The molecule has 0 aromatic carbocycles. The van der Waals surface area contributed by atoms with Crippen molar-refractivity contribution >= 4 is 27.7 Å². The summed E-state index contributed by atoms with van der Waals surface area (Å²) in [5, 5.41) is 10.1. The fourth-order valence-corrected chi connectivity index (χ4v) is 3.71. The van der Waals surface area contributed by atoms with Crippen LogP contribution in [0.3, 0.4) is 0 Å². The molecule has 10 heteroatoms. The van der Waals surface area contributed by atoms with Crippen molar-refractivity contribution in [3.8, 4) is 0 Å². The zero-order valence-corrected chi connectivity index (χ0v) is 15.1. The second kappa shape index (κ2) is 6.39. The van der Waals surface area contributed by atoms with E-state index in [1.54, 1.807) is 21.5 Å². The summed E-state index contributed by atoms with van der Waals surface area (Å²) in [5.74, 6) is 0.539. The molecule has 0 atom stereocenters. The summed E-state index contributed by atoms with van der Waals surface area (Å²) in [7, 11) is 0. The van der Waals surface area contributed by atoms with E-state index in [0.717, 1.165) is 43.9 Å². The lowest BCUT2D eigenvalue weighted by atomic mass is 10.2. The number of hydrogen-bond donors (Lipinski definition) is 0. The average Bonchev–Trinajstić information content (AvgIpc) is 3.35. The third-order valence-corrected chi connectivity index (χ3v) is 5.14. The van der Waals surface area contributed by atoms with E-state index in [1.807, 2.05) is 11.6 Å². The number of fused-ring (bicyclic) bond motifs is 5. The number of nitrogens with zero attached hydrogens (tertiary/aromatic N) is 8. The van der Waals surface area contributed by atoms with Gasteiger partial charge in [0, 0.05) is 38.9 Å². The standard InChI is InChI=1S/C17H20N8O2/c1-2-24-15-12(10-20-24)14-13(9-18-15)16(26)23(17-19-11-21-25(14)17)4-3-22-5-7-27-8-6-22/h9-11H,2-8H2,1H3. The Balaban J connectivity index is 1.68. The Morgan fingerprint density at radius 2 is 1.93 bits per heavy atom. The van der Waals surface area contributed by atoms with Crippen LogP contribution in [0.5, 0.6) is 0 Å². The van der Waals surface area contributed by atoms with Gasteiger partial charge in [-0.15, -0.1) is 0 Å². The van der Waals surface area contributed by atoms with Gasteiger partial charge in [-0.2, -0.15) is 19.7 Å². The highest BCUT2D eigenvalue weighted by atomic mass is 16.5. The summed E-state index contributed by atoms with van der Waals surface area (Å²) < 4.78 is 10.6. The van der Waals surface area contributed by atoms with E-state index in [9.17, 15) is 4.79 Å². The van der Waals surface area contributed by atoms with Gasteiger partial charge in [-0.25, -0.2) is 9.67 Å². The number of aromatic nitrogens is 7. The molecule has 1 saturated heterocycles. The lowest BCUT2D eigenvalue weighted by molar-refractivity contribution is 0.0364. The van der Waals surface area contributed by atoms with E-state index in [0.29, 0.717) is 29.8 Å². The van der Waals surface area contributed by atoms with Crippen LogP contribution in [-0.4, -0.2) is 71.7 Å². The van der Waals surface area contributed by atoms with Crippen LogP contribution in [0.1, 0.15) is 6.92 Å². The molecule has 0 aliphatic carbocycles. The van der Waals surface area contributed by atoms with Crippen molar-refractivity contribution in [3.63, 3.8) is 0 Å². The fourth-order valence-electron chi connectivity index (χ4n) is 3.71. The summed E-state index contributed by atoms with van der Waals surface area (Å²) >= 11 is 0. The van der Waals surface area contributed by atoms with Gasteiger partial charge in [0.25, 0.3) is 5.56 Å². The van der Waals surface area contributed by atoms with Crippen LogP contribution in [0, 0.1) is 0 Å². The maximum Gasteiger partial charge on any atom is 0.264 e. The van der Waals surface area contributed by atoms with Crippen LogP contribution in [-0.2, 0) is 17.8 Å². The van der Waals surface area contributed by atoms with Crippen molar-refractivity contribution in [2.45, 2.75) is 20.0 Å². The number of hydrogen-bond acceptors (Lipinski definition) is 7. The first-order valence-electron chi connectivity index (χ1n) is 9.15. The Hall–Kier alpha value is -2.85. The topological polar surface area (TPSA) is 95.4 Å². The second-order valence-electron chi connectivity index (χ2n) is 6.60. The smallest absolute Gasteiger partial charge is 0.264 e. The molecule has 4 aromatic rings. The normalized spacial score (nSPS) is 16.0. The number of morpholine rings is 1. The molecule has 10 nitrogen and oxygen atoms in total. The van der Waals surface area contributed by atoms with Gasteiger partial charge >= 0.3 is 0 Å². The van der Waals surface area contributed by atoms with Gasteiger partial charge in [-0.05, 0) is 6.92 Å². The van der Waals surface area contributed by atoms with Crippen molar-refractivity contribution in [2.75, 3.05) is 32.8 Å². The summed E-state index contributed by atoms with van der Waals surface area (Å²) in [5.41, 5.74) is 1.35. The largest absolute Gasteiger partial charge is 0.379 e. The maximum atomic E-state index is 13.2. The summed E-state index contributed by atoms with van der Waals surface area (Å²) in [6.07, 6.45) is 4.85. The highest BCUT2D eigenvalue weighted by Gasteiger charge is 2.18. The first-order valence-corrected chi connectivity index (χ1v) is 9.15. The van der Waals surface area contributed by atoms with E-state index >= 15 is 0 Å². The third-order valence-electron chi connectivity index (χ3n) is 5.14. The molecule has 0 N–H and O–H groups in total. The Labute approximate surface area is 154 Å². The maximum absolute atomic E-state index is 13.2. The summed E-state index contributed by atoms with van der Waals surface area (Å²) in [4.78, 5) is 24.3. The molecule has 0 bridgehead atoms. The lowest BCUT2D eigenvalue weighted by Crippen LogP contribution is -2.39. The molecule has 0 spiro atoms. The van der Waals surface area contributed by atoms with E-state index in [1.165, 1.54) is 6.33 Å². The summed E-state index contributed by atoms with van der Waals surface area (Å²) in [6.45, 7) is 7.25. The molecule has 0 unspecified atom stereocenters. The minimum atomic E-state index is -0.0996. The molecule has 1 fully saturated rings. The summed E-state index contributed by atoms with van der Waals surface area (Å²) in [6, 6.07) is 0. The number of rotatable bonds is 4. The SMILES string of the molecule is CCn1ncc2c1ncc1c(=O)n(CCN3CCOCC3)c3ncnn3c12. The highest BCUT2D eigenvalue weighted by Crippen LogP contribution is 2.21. The Morgan fingerprint density at radius 3 is 2.74 bits per heavy atom. The van der Waals surface area contributed by atoms with Gasteiger partial charge in [0.2, 0.25) is 5.78 Å². The van der Waals surface area contributed by atoms with Crippen LogP contribution in [0.2, 0.25) is 0 Å². The second-order valence-corrected chi connectivity index (χ2v) is 6.60. The molecular formula is C17H20N8O2. The number of ether oxygens (including phenoxy) is 1. The quantitative estimate of drug-likeness (QED) is 0.506. The van der Waals surface area contributed by atoms with Crippen molar-refractivity contribution < 1.29 is 4.74 Å². The van der Waals surface area contributed by atoms with Crippen molar-refractivity contribution in [1.82, 2.24) is 38.8 Å². The average molecular weight is 368 g/mol. The molecule has 27 heavy (non-hydrogen) atoms. The van der Waals surface area contributed by atoms with Crippen molar-refractivity contribution in [3.05, 3.63) is 29.1 Å². The molecular weight excluding hydrogens is 348 g/mol. The molecule has 1 aliphatic rings.